The normalized spacial score (nSPS) is 16.8. The van der Waals surface area contributed by atoms with E-state index in [0.717, 1.165) is 10.5 Å². The molecule has 1 heterocycles. The first-order chi connectivity index (χ1) is 9.06. The van der Waals surface area contributed by atoms with Crippen LogP contribution in [0.25, 0.3) is 0 Å². The van der Waals surface area contributed by atoms with Gasteiger partial charge in [-0.25, -0.2) is 0 Å². The van der Waals surface area contributed by atoms with E-state index in [2.05, 4.69) is 0 Å². The van der Waals surface area contributed by atoms with Crippen LogP contribution in [0.15, 0.2) is 24.3 Å². The van der Waals surface area contributed by atoms with Crippen LogP contribution in [0.1, 0.15) is 18.4 Å². The third-order valence-corrected chi connectivity index (χ3v) is 2.98. The number of aryl methyl sites for hydroxylation is 1. The fraction of sp³-hybridized carbons (Fsp3) is 0.429. The van der Waals surface area contributed by atoms with E-state index in [1.807, 2.05) is 25.1 Å². The Bertz CT molecular complexity index is 470. The van der Waals surface area contributed by atoms with Crippen LogP contribution in [-0.4, -0.2) is 41.1 Å². The van der Waals surface area contributed by atoms with Crippen molar-refractivity contribution in [1.82, 2.24) is 4.90 Å². The van der Waals surface area contributed by atoms with Crippen LogP contribution in [0.4, 0.5) is 0 Å². The van der Waals surface area contributed by atoms with Crippen molar-refractivity contribution in [3.05, 3.63) is 29.8 Å². The van der Waals surface area contributed by atoms with Crippen LogP contribution in [0.3, 0.4) is 0 Å². The number of hydrogen-bond acceptors (Lipinski definition) is 4. The summed E-state index contributed by atoms with van der Waals surface area (Å²) in [4.78, 5) is 23.9. The Hall–Kier alpha value is -1.88. The number of carbonyl (C=O) groups excluding carboxylic acids is 2. The molecule has 0 radical (unpaired) electrons. The molecule has 1 atom stereocenters. The third kappa shape index (κ3) is 3.54. The van der Waals surface area contributed by atoms with E-state index in [1.54, 1.807) is 6.07 Å². The lowest BCUT2D eigenvalue weighted by atomic mass is 10.2. The Morgan fingerprint density at radius 1 is 1.32 bits per heavy atom. The Morgan fingerprint density at radius 3 is 2.63 bits per heavy atom. The lowest BCUT2D eigenvalue weighted by Gasteiger charge is -2.18. The van der Waals surface area contributed by atoms with Crippen molar-refractivity contribution in [3.63, 3.8) is 0 Å². The first-order valence-electron chi connectivity index (χ1n) is 6.27. The lowest BCUT2D eigenvalue weighted by Crippen LogP contribution is -2.38. The Morgan fingerprint density at radius 2 is 2.00 bits per heavy atom. The highest BCUT2D eigenvalue weighted by Gasteiger charge is 2.30. The van der Waals surface area contributed by atoms with Gasteiger partial charge in [-0.2, -0.15) is 0 Å². The number of carbonyl (C=O) groups is 2. The summed E-state index contributed by atoms with van der Waals surface area (Å²) in [7, 11) is 0. The first-order valence-corrected chi connectivity index (χ1v) is 6.27. The predicted molar refractivity (Wildman–Crippen MR) is 68.6 cm³/mol. The van der Waals surface area contributed by atoms with Gasteiger partial charge in [0, 0.05) is 12.8 Å². The van der Waals surface area contributed by atoms with Crippen molar-refractivity contribution in [2.24, 2.45) is 0 Å². The van der Waals surface area contributed by atoms with Gasteiger partial charge < -0.3 is 9.84 Å². The molecule has 5 heteroatoms. The van der Waals surface area contributed by atoms with E-state index in [1.165, 1.54) is 0 Å². The number of rotatable bonds is 5. The Kier molecular flexibility index (Phi) is 4.16. The summed E-state index contributed by atoms with van der Waals surface area (Å²) in [6.45, 7) is 2.01. The van der Waals surface area contributed by atoms with Gasteiger partial charge in [0.25, 0.3) is 0 Å². The van der Waals surface area contributed by atoms with E-state index in [9.17, 15) is 14.7 Å². The molecule has 1 aromatic rings. The number of imide groups is 1. The average molecular weight is 263 g/mol. The molecule has 5 nitrogen and oxygen atoms in total. The number of benzene rings is 1. The fourth-order valence-corrected chi connectivity index (χ4v) is 1.99. The van der Waals surface area contributed by atoms with Gasteiger partial charge in [0.15, 0.2) is 0 Å². The van der Waals surface area contributed by atoms with Crippen LogP contribution in [0, 0.1) is 6.92 Å². The van der Waals surface area contributed by atoms with Crippen molar-refractivity contribution in [2.75, 3.05) is 13.2 Å². The molecule has 1 aliphatic rings. The summed E-state index contributed by atoms with van der Waals surface area (Å²) in [6, 6.07) is 7.47. The summed E-state index contributed by atoms with van der Waals surface area (Å²) < 4.78 is 5.43. The van der Waals surface area contributed by atoms with Crippen LogP contribution in [0.2, 0.25) is 0 Å². The molecule has 0 saturated carbocycles. The Labute approximate surface area is 111 Å². The van der Waals surface area contributed by atoms with Crippen molar-refractivity contribution in [3.8, 4) is 5.75 Å². The van der Waals surface area contributed by atoms with Gasteiger partial charge >= 0.3 is 0 Å². The van der Waals surface area contributed by atoms with Crippen molar-refractivity contribution in [1.29, 1.82) is 0 Å². The summed E-state index contributed by atoms with van der Waals surface area (Å²) in [5.41, 5.74) is 1.07. The SMILES string of the molecule is Cc1cccc(OCC(O)CN2C(=O)CCC2=O)c1. The summed E-state index contributed by atoms with van der Waals surface area (Å²) in [6.07, 6.45) is -0.388. The molecule has 1 aliphatic heterocycles. The first kappa shape index (κ1) is 13.5. The molecule has 1 aromatic carbocycles. The summed E-state index contributed by atoms with van der Waals surface area (Å²) in [5, 5.41) is 9.80. The molecule has 19 heavy (non-hydrogen) atoms. The summed E-state index contributed by atoms with van der Waals surface area (Å²) in [5.74, 6) is 0.220. The minimum Gasteiger partial charge on any atom is -0.491 e. The molecule has 1 saturated heterocycles. The molecule has 1 unspecified atom stereocenters. The van der Waals surface area contributed by atoms with Gasteiger partial charge in [-0.1, -0.05) is 12.1 Å². The van der Waals surface area contributed by atoms with Crippen LogP contribution >= 0.6 is 0 Å². The maximum absolute atomic E-state index is 11.4. The molecular formula is C14H17NO4. The van der Waals surface area contributed by atoms with Gasteiger partial charge in [0.2, 0.25) is 11.8 Å². The van der Waals surface area contributed by atoms with Crippen molar-refractivity contribution < 1.29 is 19.4 Å². The molecule has 0 spiro atoms. The zero-order chi connectivity index (χ0) is 13.8. The standard InChI is InChI=1S/C14H17NO4/c1-10-3-2-4-12(7-10)19-9-11(16)8-15-13(17)5-6-14(15)18/h2-4,7,11,16H,5-6,8-9H2,1H3. The molecule has 0 bridgehead atoms. The molecular weight excluding hydrogens is 246 g/mol. The quantitative estimate of drug-likeness (QED) is 0.801. The second-order valence-corrected chi connectivity index (χ2v) is 4.68. The minimum absolute atomic E-state index is 0.00345. The molecule has 2 amide bonds. The highest BCUT2D eigenvalue weighted by atomic mass is 16.5. The predicted octanol–water partition coefficient (Wildman–Crippen LogP) is 0.884. The number of likely N-dealkylation sites (tertiary alicyclic amines) is 1. The van der Waals surface area contributed by atoms with E-state index < -0.39 is 6.10 Å². The highest BCUT2D eigenvalue weighted by molar-refractivity contribution is 6.01. The Balaban J connectivity index is 1.83. The maximum atomic E-state index is 11.4. The second kappa shape index (κ2) is 5.84. The lowest BCUT2D eigenvalue weighted by molar-refractivity contribution is -0.140. The number of nitrogens with zero attached hydrogens (tertiary/aromatic N) is 1. The second-order valence-electron chi connectivity index (χ2n) is 4.68. The van der Waals surface area contributed by atoms with Gasteiger partial charge in [0.05, 0.1) is 6.54 Å². The van der Waals surface area contributed by atoms with Crippen molar-refractivity contribution in [2.45, 2.75) is 25.9 Å². The zero-order valence-corrected chi connectivity index (χ0v) is 10.8. The van der Waals surface area contributed by atoms with E-state index >= 15 is 0 Å². The molecule has 2 rings (SSSR count). The van der Waals surface area contributed by atoms with Gasteiger partial charge in [0.1, 0.15) is 18.5 Å². The average Bonchev–Trinajstić information content (AvgIpc) is 2.68. The van der Waals surface area contributed by atoms with E-state index in [4.69, 9.17) is 4.74 Å². The molecule has 1 fully saturated rings. The smallest absolute Gasteiger partial charge is 0.229 e. The van der Waals surface area contributed by atoms with Gasteiger partial charge in [-0.05, 0) is 24.6 Å². The minimum atomic E-state index is -0.869. The number of ether oxygens (including phenoxy) is 1. The van der Waals surface area contributed by atoms with Crippen LogP contribution in [0.5, 0.6) is 5.75 Å². The fourth-order valence-electron chi connectivity index (χ4n) is 1.99. The number of aliphatic hydroxyl groups excluding tert-OH is 1. The topological polar surface area (TPSA) is 66.8 Å². The van der Waals surface area contributed by atoms with E-state index in [0.29, 0.717) is 5.75 Å². The molecule has 102 valence electrons. The maximum Gasteiger partial charge on any atom is 0.229 e. The van der Waals surface area contributed by atoms with Crippen molar-refractivity contribution >= 4 is 11.8 Å². The molecule has 0 aliphatic carbocycles. The van der Waals surface area contributed by atoms with Crippen LogP contribution in [-0.2, 0) is 9.59 Å². The monoisotopic (exact) mass is 263 g/mol. The van der Waals surface area contributed by atoms with Gasteiger partial charge in [-0.3, -0.25) is 14.5 Å². The largest absolute Gasteiger partial charge is 0.491 e. The van der Waals surface area contributed by atoms with Crippen LogP contribution < -0.4 is 4.74 Å². The van der Waals surface area contributed by atoms with Gasteiger partial charge in [-0.15, -0.1) is 0 Å². The number of hydrogen-bond donors (Lipinski definition) is 1. The third-order valence-electron chi connectivity index (χ3n) is 2.98. The number of amides is 2. The number of β-amino-alcohol motifs (C(OH)–C–C–N with tert-alkyl or cyclic N) is 1. The number of aliphatic hydroxyl groups is 1. The van der Waals surface area contributed by atoms with E-state index in [-0.39, 0.29) is 37.8 Å². The zero-order valence-electron chi connectivity index (χ0n) is 10.8. The highest BCUT2D eigenvalue weighted by Crippen LogP contribution is 2.14. The summed E-state index contributed by atoms with van der Waals surface area (Å²) >= 11 is 0. The molecule has 1 N–H and O–H groups in total. The molecule has 0 aromatic heterocycles.